The molecule has 4 N–H and O–H groups in total. The van der Waals surface area contributed by atoms with E-state index in [2.05, 4.69) is 36.8 Å². The maximum atomic E-state index is 12.6. The monoisotopic (exact) mass is 442 g/mol. The quantitative estimate of drug-likeness (QED) is 0.470. The van der Waals surface area contributed by atoms with Crippen LogP contribution in [0.5, 0.6) is 5.75 Å². The first-order valence-corrected chi connectivity index (χ1v) is 9.37. The summed E-state index contributed by atoms with van der Waals surface area (Å²) in [6.07, 6.45) is 0.351. The molecule has 3 aromatic rings. The van der Waals surface area contributed by atoms with Crippen molar-refractivity contribution in [3.05, 3.63) is 70.3 Å². The van der Waals surface area contributed by atoms with Crippen molar-refractivity contribution < 1.29 is 14.7 Å². The number of hydrogen-bond donors (Lipinski definition) is 4. The Morgan fingerprint density at radius 3 is 2.61 bits per heavy atom. The Labute approximate surface area is 170 Å². The third-order valence-electron chi connectivity index (χ3n) is 4.18. The summed E-state index contributed by atoms with van der Waals surface area (Å²) < 4.78 is 0.902. The highest BCUT2D eigenvalue weighted by Crippen LogP contribution is 2.20. The number of carbonyl (C=O) groups is 2. The molecule has 0 saturated heterocycles. The second kappa shape index (κ2) is 8.71. The number of H-pyrrole nitrogens is 1. The number of nitrogens with zero attached hydrogens (tertiary/aromatic N) is 1. The van der Waals surface area contributed by atoms with Gasteiger partial charge >= 0.3 is 0 Å². The number of phenolic OH excluding ortho intramolecular Hbond substituents is 1. The molecule has 1 heterocycles. The highest BCUT2D eigenvalue weighted by Gasteiger charge is 2.22. The largest absolute Gasteiger partial charge is 0.508 e. The summed E-state index contributed by atoms with van der Waals surface area (Å²) in [5, 5.41) is 21.5. The van der Waals surface area contributed by atoms with Crippen LogP contribution >= 0.6 is 15.9 Å². The fraction of sp³-hybridized carbons (Fsp3) is 0.150. The molecule has 3 rings (SSSR count). The van der Waals surface area contributed by atoms with Crippen molar-refractivity contribution in [2.45, 2.75) is 12.5 Å². The van der Waals surface area contributed by atoms with Crippen LogP contribution in [0.1, 0.15) is 16.1 Å². The SMILES string of the molecule is CNC(=O)[C@H](Cc1cccc(Br)c1)NC(=O)c1cc(-c2ccc(O)cc2)n[nH]1. The molecule has 1 atom stereocenters. The number of likely N-dealkylation sites (N-methyl/N-ethyl adjacent to an activating group) is 1. The number of benzene rings is 2. The number of aromatic amines is 1. The molecular weight excluding hydrogens is 424 g/mol. The van der Waals surface area contributed by atoms with Crippen molar-refractivity contribution in [1.82, 2.24) is 20.8 Å². The van der Waals surface area contributed by atoms with E-state index in [4.69, 9.17) is 0 Å². The first-order chi connectivity index (χ1) is 13.5. The van der Waals surface area contributed by atoms with Crippen LogP contribution in [0.25, 0.3) is 11.3 Å². The summed E-state index contributed by atoms with van der Waals surface area (Å²) in [6, 6.07) is 14.9. The van der Waals surface area contributed by atoms with Crippen LogP contribution in [-0.4, -0.2) is 40.2 Å². The number of nitrogens with one attached hydrogen (secondary N) is 3. The van der Waals surface area contributed by atoms with Gasteiger partial charge in [0.2, 0.25) is 5.91 Å². The molecule has 0 bridgehead atoms. The Morgan fingerprint density at radius 1 is 1.18 bits per heavy atom. The Morgan fingerprint density at radius 2 is 1.93 bits per heavy atom. The maximum absolute atomic E-state index is 12.6. The van der Waals surface area contributed by atoms with E-state index in [9.17, 15) is 14.7 Å². The van der Waals surface area contributed by atoms with Crippen LogP contribution in [0.4, 0.5) is 0 Å². The maximum Gasteiger partial charge on any atom is 0.269 e. The van der Waals surface area contributed by atoms with Gasteiger partial charge in [-0.2, -0.15) is 5.10 Å². The number of hydrogen-bond acceptors (Lipinski definition) is 4. The fourth-order valence-corrected chi connectivity index (χ4v) is 3.18. The molecule has 0 aliphatic rings. The van der Waals surface area contributed by atoms with Crippen LogP contribution in [0.15, 0.2) is 59.1 Å². The molecule has 8 heteroatoms. The third-order valence-corrected chi connectivity index (χ3v) is 4.68. The topological polar surface area (TPSA) is 107 Å². The molecule has 0 unspecified atom stereocenters. The zero-order valence-electron chi connectivity index (χ0n) is 15.1. The van der Waals surface area contributed by atoms with Gasteiger partial charge in [0.25, 0.3) is 5.91 Å². The van der Waals surface area contributed by atoms with E-state index in [0.29, 0.717) is 12.1 Å². The minimum Gasteiger partial charge on any atom is -0.508 e. The predicted molar refractivity (Wildman–Crippen MR) is 109 cm³/mol. The summed E-state index contributed by atoms with van der Waals surface area (Å²) in [4.78, 5) is 24.9. The molecular formula is C20H19BrN4O3. The van der Waals surface area contributed by atoms with E-state index in [1.807, 2.05) is 24.3 Å². The number of aromatic hydroxyl groups is 1. The van der Waals surface area contributed by atoms with Gasteiger partial charge in [0, 0.05) is 23.5 Å². The van der Waals surface area contributed by atoms with Crippen LogP contribution in [0, 0.1) is 0 Å². The predicted octanol–water partition coefficient (Wildman–Crippen LogP) is 2.63. The van der Waals surface area contributed by atoms with Gasteiger partial charge in [-0.05, 0) is 48.0 Å². The second-order valence-electron chi connectivity index (χ2n) is 6.19. The highest BCUT2D eigenvalue weighted by atomic mass is 79.9. The van der Waals surface area contributed by atoms with Gasteiger partial charge in [-0.25, -0.2) is 0 Å². The molecule has 7 nitrogen and oxygen atoms in total. The van der Waals surface area contributed by atoms with Crippen molar-refractivity contribution >= 4 is 27.7 Å². The normalized spacial score (nSPS) is 11.6. The third kappa shape index (κ3) is 4.77. The van der Waals surface area contributed by atoms with E-state index in [-0.39, 0.29) is 17.4 Å². The second-order valence-corrected chi connectivity index (χ2v) is 7.10. The van der Waals surface area contributed by atoms with E-state index >= 15 is 0 Å². The lowest BCUT2D eigenvalue weighted by Gasteiger charge is -2.17. The molecule has 0 saturated carbocycles. The van der Waals surface area contributed by atoms with Gasteiger partial charge in [-0.15, -0.1) is 0 Å². The lowest BCUT2D eigenvalue weighted by molar-refractivity contribution is -0.122. The Kier molecular flexibility index (Phi) is 6.10. The lowest BCUT2D eigenvalue weighted by Crippen LogP contribution is -2.47. The summed E-state index contributed by atoms with van der Waals surface area (Å²) in [5.74, 6) is -0.564. The van der Waals surface area contributed by atoms with E-state index in [1.165, 1.54) is 7.05 Å². The van der Waals surface area contributed by atoms with E-state index in [1.54, 1.807) is 30.3 Å². The van der Waals surface area contributed by atoms with Crippen LogP contribution in [-0.2, 0) is 11.2 Å². The summed E-state index contributed by atoms with van der Waals surface area (Å²) in [5.41, 5.74) is 2.47. The zero-order valence-corrected chi connectivity index (χ0v) is 16.7. The highest BCUT2D eigenvalue weighted by molar-refractivity contribution is 9.10. The molecule has 144 valence electrons. The van der Waals surface area contributed by atoms with Gasteiger partial charge in [0.15, 0.2) is 0 Å². The Hall–Kier alpha value is -3.13. The van der Waals surface area contributed by atoms with Gasteiger partial charge in [0.05, 0.1) is 5.69 Å². The van der Waals surface area contributed by atoms with Gasteiger partial charge in [-0.3, -0.25) is 14.7 Å². The number of amides is 2. The molecule has 0 spiro atoms. The van der Waals surface area contributed by atoms with E-state index in [0.717, 1.165) is 15.6 Å². The molecule has 0 aliphatic heterocycles. The van der Waals surface area contributed by atoms with Crippen molar-refractivity contribution in [3.63, 3.8) is 0 Å². The smallest absolute Gasteiger partial charge is 0.269 e. The molecule has 2 amide bonds. The van der Waals surface area contributed by atoms with Crippen molar-refractivity contribution in [1.29, 1.82) is 0 Å². The first-order valence-electron chi connectivity index (χ1n) is 8.58. The van der Waals surface area contributed by atoms with Crippen molar-refractivity contribution in [3.8, 4) is 17.0 Å². The summed E-state index contributed by atoms with van der Waals surface area (Å²) in [6.45, 7) is 0. The molecule has 0 aliphatic carbocycles. The molecule has 0 fully saturated rings. The van der Waals surface area contributed by atoms with Gasteiger partial charge < -0.3 is 15.7 Å². The first kappa shape index (κ1) is 19.6. The molecule has 2 aromatic carbocycles. The minimum absolute atomic E-state index is 0.151. The summed E-state index contributed by atoms with van der Waals surface area (Å²) in [7, 11) is 1.53. The minimum atomic E-state index is -0.729. The van der Waals surface area contributed by atoms with Gasteiger partial charge in [-0.1, -0.05) is 28.1 Å². The lowest BCUT2D eigenvalue weighted by atomic mass is 10.0. The zero-order chi connectivity index (χ0) is 20.1. The number of rotatable bonds is 6. The molecule has 0 radical (unpaired) electrons. The number of phenols is 1. The Bertz CT molecular complexity index is 985. The van der Waals surface area contributed by atoms with Crippen LogP contribution in [0.2, 0.25) is 0 Å². The fourth-order valence-electron chi connectivity index (χ4n) is 2.74. The van der Waals surface area contributed by atoms with Crippen molar-refractivity contribution in [2.24, 2.45) is 0 Å². The van der Waals surface area contributed by atoms with Crippen LogP contribution in [0.3, 0.4) is 0 Å². The molecule has 28 heavy (non-hydrogen) atoms. The van der Waals surface area contributed by atoms with E-state index < -0.39 is 11.9 Å². The Balaban J connectivity index is 1.74. The number of halogens is 1. The average molecular weight is 443 g/mol. The van der Waals surface area contributed by atoms with Crippen LogP contribution < -0.4 is 10.6 Å². The molecule has 1 aromatic heterocycles. The van der Waals surface area contributed by atoms with Gasteiger partial charge in [0.1, 0.15) is 17.5 Å². The van der Waals surface area contributed by atoms with Crippen molar-refractivity contribution in [2.75, 3.05) is 7.05 Å². The number of aromatic nitrogens is 2. The average Bonchev–Trinajstić information content (AvgIpc) is 3.18. The summed E-state index contributed by atoms with van der Waals surface area (Å²) >= 11 is 3.41. The standard InChI is InChI=1S/C20H19BrN4O3/c1-22-19(27)17(10-12-3-2-4-14(21)9-12)23-20(28)18-11-16(24-25-18)13-5-7-15(26)8-6-13/h2-9,11,17,26H,10H2,1H3,(H,22,27)(H,23,28)(H,24,25)/t17-/m0/s1. The number of carbonyl (C=O) groups excluding carboxylic acids is 2.